The summed E-state index contributed by atoms with van der Waals surface area (Å²) < 4.78 is 2.14. The van der Waals surface area contributed by atoms with Crippen LogP contribution in [0.3, 0.4) is 0 Å². The van der Waals surface area contributed by atoms with Crippen molar-refractivity contribution in [3.05, 3.63) is 47.3 Å². The molecule has 0 atom stereocenters. The molecule has 1 aromatic carbocycles. The van der Waals surface area contributed by atoms with Crippen LogP contribution >= 0.6 is 11.3 Å². The molecule has 0 unspecified atom stereocenters. The van der Waals surface area contributed by atoms with E-state index in [-0.39, 0.29) is 0 Å². The number of rotatable bonds is 2. The Morgan fingerprint density at radius 2 is 1.94 bits per heavy atom. The van der Waals surface area contributed by atoms with Crippen molar-refractivity contribution >= 4 is 27.8 Å². The van der Waals surface area contributed by atoms with Gasteiger partial charge in [-0.15, -0.1) is 11.3 Å². The lowest BCUT2D eigenvalue weighted by Crippen LogP contribution is -1.89. The molecule has 3 aromatic rings. The van der Waals surface area contributed by atoms with E-state index >= 15 is 0 Å². The Hall–Kier alpha value is -1.87. The summed E-state index contributed by atoms with van der Waals surface area (Å²) in [6, 6.07) is 14.4. The lowest BCUT2D eigenvalue weighted by Gasteiger charge is -2.02. The van der Waals surface area contributed by atoms with Gasteiger partial charge in [0.2, 0.25) is 0 Å². The monoisotopic (exact) mass is 241 g/mol. The van der Waals surface area contributed by atoms with Crippen LogP contribution in [0.25, 0.3) is 21.5 Å². The Bertz CT molecular complexity index is 679. The highest BCUT2D eigenvalue weighted by Gasteiger charge is 2.10. The number of carbonyl (C=O) groups is 1. The van der Waals surface area contributed by atoms with E-state index in [0.717, 1.165) is 21.4 Å². The minimum Gasteiger partial charge on any atom is -0.335 e. The van der Waals surface area contributed by atoms with Gasteiger partial charge in [-0.2, -0.15) is 0 Å². The van der Waals surface area contributed by atoms with Gasteiger partial charge in [0.15, 0.2) is 6.29 Å². The Kier molecular flexibility index (Phi) is 2.34. The smallest absolute Gasteiger partial charge is 0.160 e. The second-order valence-electron chi connectivity index (χ2n) is 3.98. The van der Waals surface area contributed by atoms with Crippen LogP contribution in [-0.2, 0) is 7.05 Å². The number of hydrogen-bond acceptors (Lipinski definition) is 2. The topological polar surface area (TPSA) is 22.0 Å². The number of nitrogens with zero attached hydrogens (tertiary/aromatic N) is 1. The van der Waals surface area contributed by atoms with Gasteiger partial charge in [-0.1, -0.05) is 30.3 Å². The van der Waals surface area contributed by atoms with Crippen LogP contribution in [0.1, 0.15) is 9.67 Å². The second-order valence-corrected chi connectivity index (χ2v) is 5.04. The first-order valence-corrected chi connectivity index (χ1v) is 6.21. The molecule has 0 fully saturated rings. The molecule has 0 amide bonds. The van der Waals surface area contributed by atoms with Gasteiger partial charge in [-0.05, 0) is 17.7 Å². The maximum absolute atomic E-state index is 10.7. The molecule has 0 aliphatic carbocycles. The second kappa shape index (κ2) is 3.86. The average Bonchev–Trinajstić information content (AvgIpc) is 2.90. The van der Waals surface area contributed by atoms with Crippen molar-refractivity contribution in [2.45, 2.75) is 0 Å². The van der Waals surface area contributed by atoms with E-state index in [4.69, 9.17) is 0 Å². The van der Waals surface area contributed by atoms with Gasteiger partial charge in [-0.25, -0.2) is 0 Å². The molecule has 0 bridgehead atoms. The molecule has 0 aliphatic heterocycles. The minimum absolute atomic E-state index is 0.783. The summed E-state index contributed by atoms with van der Waals surface area (Å²) in [4.78, 5) is 12.7. The molecule has 0 aliphatic rings. The number of thiophene rings is 1. The maximum Gasteiger partial charge on any atom is 0.160 e. The fourth-order valence-corrected chi connectivity index (χ4v) is 3.01. The molecule has 2 aromatic heterocycles. The van der Waals surface area contributed by atoms with Crippen molar-refractivity contribution in [3.63, 3.8) is 0 Å². The maximum atomic E-state index is 10.7. The van der Waals surface area contributed by atoms with Crippen molar-refractivity contribution < 1.29 is 4.79 Å². The van der Waals surface area contributed by atoms with Crippen LogP contribution in [0.5, 0.6) is 0 Å². The number of fused-ring (bicyclic) bond motifs is 1. The molecule has 0 saturated heterocycles. The van der Waals surface area contributed by atoms with Gasteiger partial charge in [0, 0.05) is 18.1 Å². The number of benzene rings is 1. The SMILES string of the molecule is Cn1c(-c2ccccc2)cc2cc(C=O)sc21. The van der Waals surface area contributed by atoms with Crippen LogP contribution in [-0.4, -0.2) is 10.9 Å². The fourth-order valence-electron chi connectivity index (χ4n) is 2.08. The summed E-state index contributed by atoms with van der Waals surface area (Å²) in [6.45, 7) is 0. The van der Waals surface area contributed by atoms with Crippen molar-refractivity contribution in [1.82, 2.24) is 4.57 Å². The van der Waals surface area contributed by atoms with Gasteiger partial charge < -0.3 is 4.57 Å². The van der Waals surface area contributed by atoms with Crippen LogP contribution < -0.4 is 0 Å². The van der Waals surface area contributed by atoms with Gasteiger partial charge in [0.05, 0.1) is 4.88 Å². The predicted octanol–water partition coefficient (Wildman–Crippen LogP) is 3.72. The largest absolute Gasteiger partial charge is 0.335 e. The van der Waals surface area contributed by atoms with E-state index < -0.39 is 0 Å². The van der Waals surface area contributed by atoms with E-state index in [9.17, 15) is 4.79 Å². The summed E-state index contributed by atoms with van der Waals surface area (Å²) in [7, 11) is 2.04. The third-order valence-electron chi connectivity index (χ3n) is 2.90. The Morgan fingerprint density at radius 1 is 1.18 bits per heavy atom. The number of hydrogen-bond donors (Lipinski definition) is 0. The van der Waals surface area contributed by atoms with Gasteiger partial charge in [0.1, 0.15) is 4.83 Å². The highest BCUT2D eigenvalue weighted by Crippen LogP contribution is 2.32. The predicted molar refractivity (Wildman–Crippen MR) is 71.6 cm³/mol. The Morgan fingerprint density at radius 3 is 2.59 bits per heavy atom. The summed E-state index contributed by atoms with van der Waals surface area (Å²) in [6.07, 6.45) is 0.910. The molecule has 0 radical (unpaired) electrons. The fraction of sp³-hybridized carbons (Fsp3) is 0.0714. The van der Waals surface area contributed by atoms with E-state index in [1.54, 1.807) is 0 Å². The standard InChI is InChI=1S/C14H11NOS/c1-15-13(10-5-3-2-4-6-10)8-11-7-12(9-16)17-14(11)15/h2-9H,1H3. The molecule has 2 heterocycles. The number of aryl methyl sites for hydroxylation is 1. The Labute approximate surface area is 103 Å². The molecule has 0 saturated carbocycles. The molecule has 17 heavy (non-hydrogen) atoms. The van der Waals surface area contributed by atoms with Crippen LogP contribution in [0.4, 0.5) is 0 Å². The number of carbonyl (C=O) groups excluding carboxylic acids is 1. The third kappa shape index (κ3) is 1.59. The highest BCUT2D eigenvalue weighted by atomic mass is 32.1. The third-order valence-corrected chi connectivity index (χ3v) is 4.06. The lowest BCUT2D eigenvalue weighted by molar-refractivity contribution is 0.112. The first-order chi connectivity index (χ1) is 8.29. The first-order valence-electron chi connectivity index (χ1n) is 5.39. The first kappa shape index (κ1) is 10.3. The molecular weight excluding hydrogens is 230 g/mol. The molecule has 0 spiro atoms. The zero-order valence-electron chi connectivity index (χ0n) is 9.38. The normalized spacial score (nSPS) is 10.9. The van der Waals surface area contributed by atoms with Gasteiger partial charge in [0.25, 0.3) is 0 Å². The average molecular weight is 241 g/mol. The van der Waals surface area contributed by atoms with Crippen LogP contribution in [0.15, 0.2) is 42.5 Å². The number of aromatic nitrogens is 1. The molecule has 0 N–H and O–H groups in total. The molecule has 3 heteroatoms. The van der Waals surface area contributed by atoms with Crippen molar-refractivity contribution in [2.75, 3.05) is 0 Å². The lowest BCUT2D eigenvalue weighted by atomic mass is 10.1. The highest BCUT2D eigenvalue weighted by molar-refractivity contribution is 7.20. The molecular formula is C14H11NOS. The zero-order chi connectivity index (χ0) is 11.8. The minimum atomic E-state index is 0.783. The summed E-state index contributed by atoms with van der Waals surface area (Å²) in [5.41, 5.74) is 2.38. The zero-order valence-corrected chi connectivity index (χ0v) is 10.2. The van der Waals surface area contributed by atoms with Crippen LogP contribution in [0, 0.1) is 0 Å². The van der Waals surface area contributed by atoms with E-state index in [2.05, 4.69) is 22.8 Å². The quantitative estimate of drug-likeness (QED) is 0.627. The van der Waals surface area contributed by atoms with Crippen molar-refractivity contribution in [3.8, 4) is 11.3 Å². The van der Waals surface area contributed by atoms with Crippen molar-refractivity contribution in [2.24, 2.45) is 7.05 Å². The molecule has 2 nitrogen and oxygen atoms in total. The van der Waals surface area contributed by atoms with E-state index in [1.807, 2.05) is 31.3 Å². The van der Waals surface area contributed by atoms with Gasteiger partial charge >= 0.3 is 0 Å². The van der Waals surface area contributed by atoms with E-state index in [1.165, 1.54) is 22.6 Å². The number of aldehydes is 1. The van der Waals surface area contributed by atoms with Gasteiger partial charge in [-0.3, -0.25) is 4.79 Å². The molecule has 3 rings (SSSR count). The summed E-state index contributed by atoms with van der Waals surface area (Å²) >= 11 is 1.53. The van der Waals surface area contributed by atoms with E-state index in [0.29, 0.717) is 0 Å². The van der Waals surface area contributed by atoms with Crippen molar-refractivity contribution in [1.29, 1.82) is 0 Å². The molecule has 84 valence electrons. The van der Waals surface area contributed by atoms with Crippen LogP contribution in [0.2, 0.25) is 0 Å². The summed E-state index contributed by atoms with van der Waals surface area (Å²) in [5, 5.41) is 1.14. The summed E-state index contributed by atoms with van der Waals surface area (Å²) in [5.74, 6) is 0. The Balaban J connectivity index is 2.22.